The van der Waals surface area contributed by atoms with Crippen LogP contribution in [0.4, 0.5) is 0 Å². The summed E-state index contributed by atoms with van der Waals surface area (Å²) in [4.78, 5) is 12.1. The third kappa shape index (κ3) is 4.92. The molecule has 1 fully saturated rings. The van der Waals surface area contributed by atoms with Crippen LogP contribution in [0.15, 0.2) is 21.7 Å². The van der Waals surface area contributed by atoms with Crippen molar-refractivity contribution in [3.05, 3.63) is 17.5 Å². The van der Waals surface area contributed by atoms with Gasteiger partial charge in [0.25, 0.3) is 10.0 Å². The monoisotopic (exact) mass is 367 g/mol. The van der Waals surface area contributed by atoms with E-state index in [1.165, 1.54) is 6.07 Å². The van der Waals surface area contributed by atoms with Gasteiger partial charge in [0.1, 0.15) is 4.21 Å². The lowest BCUT2D eigenvalue weighted by Crippen LogP contribution is -2.53. The first-order chi connectivity index (χ1) is 9.90. The maximum absolute atomic E-state index is 12.1. The van der Waals surface area contributed by atoms with Crippen LogP contribution in [-0.2, 0) is 14.8 Å². The summed E-state index contributed by atoms with van der Waals surface area (Å²) >= 11 is 1.13. The van der Waals surface area contributed by atoms with Crippen LogP contribution in [0, 0.1) is 5.92 Å². The fraction of sp³-hybridized carbons (Fsp3) is 0.615. The van der Waals surface area contributed by atoms with Crippen molar-refractivity contribution < 1.29 is 13.2 Å². The maximum Gasteiger partial charge on any atom is 0.250 e. The largest absolute Gasteiger partial charge is 0.352 e. The summed E-state index contributed by atoms with van der Waals surface area (Å²) in [7, 11) is -3.62. The van der Waals surface area contributed by atoms with Crippen molar-refractivity contribution in [2.75, 3.05) is 13.1 Å². The van der Waals surface area contributed by atoms with E-state index < -0.39 is 16.1 Å². The van der Waals surface area contributed by atoms with Crippen molar-refractivity contribution in [1.82, 2.24) is 15.4 Å². The number of rotatable bonds is 5. The van der Waals surface area contributed by atoms with Crippen molar-refractivity contribution in [2.24, 2.45) is 5.92 Å². The lowest BCUT2D eigenvalue weighted by Gasteiger charge is -2.31. The zero-order valence-electron chi connectivity index (χ0n) is 12.5. The van der Waals surface area contributed by atoms with Gasteiger partial charge in [0.15, 0.2) is 0 Å². The van der Waals surface area contributed by atoms with Gasteiger partial charge in [0.2, 0.25) is 5.91 Å². The highest BCUT2D eigenvalue weighted by molar-refractivity contribution is 7.91. The summed E-state index contributed by atoms with van der Waals surface area (Å²) in [5, 5.41) is 7.89. The lowest BCUT2D eigenvalue weighted by atomic mass is 9.95. The summed E-state index contributed by atoms with van der Waals surface area (Å²) in [5.41, 5.74) is 0. The van der Waals surface area contributed by atoms with Gasteiger partial charge in [-0.25, -0.2) is 8.42 Å². The highest BCUT2D eigenvalue weighted by Crippen LogP contribution is 2.16. The molecule has 0 bridgehead atoms. The van der Waals surface area contributed by atoms with Crippen LogP contribution in [0.25, 0.3) is 0 Å². The molecule has 3 unspecified atom stereocenters. The number of thiophene rings is 1. The molecule has 0 aliphatic carbocycles. The van der Waals surface area contributed by atoms with Crippen molar-refractivity contribution in [3.63, 3.8) is 0 Å². The molecule has 1 aromatic heterocycles. The average Bonchev–Trinajstić information content (AvgIpc) is 2.95. The van der Waals surface area contributed by atoms with Gasteiger partial charge in [0, 0.05) is 6.04 Å². The number of hydrogen-bond donors (Lipinski definition) is 3. The van der Waals surface area contributed by atoms with E-state index in [4.69, 9.17) is 0 Å². The minimum Gasteiger partial charge on any atom is -0.352 e. The third-order valence-corrected chi connectivity index (χ3v) is 6.54. The van der Waals surface area contributed by atoms with E-state index in [9.17, 15) is 13.2 Å². The Morgan fingerprint density at radius 2 is 2.23 bits per heavy atom. The SMILES string of the molecule is CC(NS(=O)(=O)c1cccs1)C(=O)NC1CCNCC1C.Cl. The Balaban J connectivity index is 0.00000242. The number of piperidine rings is 1. The number of carbonyl (C=O) groups is 1. The van der Waals surface area contributed by atoms with Gasteiger partial charge in [-0.15, -0.1) is 23.7 Å². The second-order valence-corrected chi connectivity index (χ2v) is 8.25. The second kappa shape index (κ2) is 8.26. The molecule has 1 aliphatic rings. The van der Waals surface area contributed by atoms with Gasteiger partial charge < -0.3 is 10.6 Å². The molecule has 9 heteroatoms. The Labute approximate surface area is 141 Å². The summed E-state index contributed by atoms with van der Waals surface area (Å²) in [6.07, 6.45) is 0.858. The molecule has 126 valence electrons. The molecule has 1 saturated heterocycles. The van der Waals surface area contributed by atoms with Crippen LogP contribution in [-0.4, -0.2) is 39.5 Å². The van der Waals surface area contributed by atoms with Gasteiger partial charge >= 0.3 is 0 Å². The molecule has 0 saturated carbocycles. The molecule has 1 aromatic rings. The summed E-state index contributed by atoms with van der Waals surface area (Å²) in [6, 6.07) is 2.49. The predicted octanol–water partition coefficient (Wildman–Crippen LogP) is 0.951. The van der Waals surface area contributed by atoms with Crippen molar-refractivity contribution in [3.8, 4) is 0 Å². The van der Waals surface area contributed by atoms with E-state index in [2.05, 4.69) is 22.3 Å². The fourth-order valence-corrected chi connectivity index (χ4v) is 4.51. The number of sulfonamides is 1. The molecule has 0 radical (unpaired) electrons. The van der Waals surface area contributed by atoms with E-state index >= 15 is 0 Å². The minimum absolute atomic E-state index is 0. The molecule has 0 aromatic carbocycles. The molecule has 3 N–H and O–H groups in total. The Kier molecular flexibility index (Phi) is 7.27. The molecule has 22 heavy (non-hydrogen) atoms. The average molecular weight is 368 g/mol. The summed E-state index contributed by atoms with van der Waals surface area (Å²) in [6.45, 7) is 5.36. The van der Waals surface area contributed by atoms with Gasteiger partial charge in [-0.2, -0.15) is 4.72 Å². The smallest absolute Gasteiger partial charge is 0.250 e. The highest BCUT2D eigenvalue weighted by Gasteiger charge is 2.27. The first-order valence-corrected chi connectivity index (χ1v) is 9.33. The standard InChI is InChI=1S/C13H21N3O3S2.ClH/c1-9-8-14-6-5-11(9)15-13(17)10(2)16-21(18,19)12-4-3-7-20-12;/h3-4,7,9-11,14,16H,5-6,8H2,1-2H3,(H,15,17);1H. The number of halogens is 1. The first-order valence-electron chi connectivity index (χ1n) is 6.97. The maximum atomic E-state index is 12.1. The van der Waals surface area contributed by atoms with Crippen LogP contribution in [0.2, 0.25) is 0 Å². The summed E-state index contributed by atoms with van der Waals surface area (Å²) < 4.78 is 26.8. The molecule has 0 spiro atoms. The van der Waals surface area contributed by atoms with Crippen LogP contribution < -0.4 is 15.4 Å². The van der Waals surface area contributed by atoms with E-state index in [-0.39, 0.29) is 28.6 Å². The van der Waals surface area contributed by atoms with Crippen LogP contribution in [0.5, 0.6) is 0 Å². The normalized spacial score (nSPS) is 23.4. The van der Waals surface area contributed by atoms with Gasteiger partial charge in [-0.1, -0.05) is 13.0 Å². The Bertz CT molecular complexity index is 577. The Morgan fingerprint density at radius 1 is 1.50 bits per heavy atom. The molecule has 2 rings (SSSR count). The molecule has 3 atom stereocenters. The highest BCUT2D eigenvalue weighted by atomic mass is 35.5. The molecule has 1 aliphatic heterocycles. The van der Waals surface area contributed by atoms with Crippen LogP contribution in [0.1, 0.15) is 20.3 Å². The minimum atomic E-state index is -3.62. The topological polar surface area (TPSA) is 87.3 Å². The number of amides is 1. The molecule has 1 amide bonds. The first kappa shape index (κ1) is 19.4. The van der Waals surface area contributed by atoms with E-state index in [0.29, 0.717) is 5.92 Å². The second-order valence-electron chi connectivity index (χ2n) is 5.36. The fourth-order valence-electron chi connectivity index (χ4n) is 2.30. The molecular formula is C13H22ClN3O3S2. The number of hydrogen-bond acceptors (Lipinski definition) is 5. The van der Waals surface area contributed by atoms with Crippen molar-refractivity contribution >= 4 is 39.7 Å². The quantitative estimate of drug-likeness (QED) is 0.723. The lowest BCUT2D eigenvalue weighted by molar-refractivity contribution is -0.123. The van der Waals surface area contributed by atoms with E-state index in [0.717, 1.165) is 30.8 Å². The number of nitrogens with one attached hydrogen (secondary N) is 3. The van der Waals surface area contributed by atoms with Gasteiger partial charge in [0.05, 0.1) is 6.04 Å². The summed E-state index contributed by atoms with van der Waals surface area (Å²) in [5.74, 6) is 0.0534. The van der Waals surface area contributed by atoms with Gasteiger partial charge in [-0.3, -0.25) is 4.79 Å². The zero-order chi connectivity index (χ0) is 15.5. The Morgan fingerprint density at radius 3 is 2.82 bits per heavy atom. The van der Waals surface area contributed by atoms with E-state index in [1.807, 2.05) is 0 Å². The van der Waals surface area contributed by atoms with Gasteiger partial charge in [-0.05, 0) is 43.8 Å². The molecular weight excluding hydrogens is 346 g/mol. The third-order valence-electron chi connectivity index (χ3n) is 3.60. The van der Waals surface area contributed by atoms with Crippen molar-refractivity contribution in [1.29, 1.82) is 0 Å². The molecule has 2 heterocycles. The van der Waals surface area contributed by atoms with Crippen molar-refractivity contribution in [2.45, 2.75) is 36.6 Å². The van der Waals surface area contributed by atoms with Crippen LogP contribution in [0.3, 0.4) is 0 Å². The molecule has 6 nitrogen and oxygen atoms in total. The zero-order valence-corrected chi connectivity index (χ0v) is 15.0. The van der Waals surface area contributed by atoms with Crippen LogP contribution >= 0.6 is 23.7 Å². The Hall–Kier alpha value is -0.670. The number of carbonyl (C=O) groups excluding carboxylic acids is 1. The van der Waals surface area contributed by atoms with E-state index in [1.54, 1.807) is 18.4 Å². The predicted molar refractivity (Wildman–Crippen MR) is 89.9 cm³/mol.